The van der Waals surface area contributed by atoms with Crippen molar-refractivity contribution in [3.63, 3.8) is 0 Å². The van der Waals surface area contributed by atoms with Gasteiger partial charge in [0, 0.05) is 37.8 Å². The zero-order chi connectivity index (χ0) is 14.1. The molecule has 1 aromatic heterocycles. The van der Waals surface area contributed by atoms with Gasteiger partial charge in [0.25, 0.3) is 0 Å². The first kappa shape index (κ1) is 13.1. The van der Waals surface area contributed by atoms with Crippen LogP contribution in [0.5, 0.6) is 0 Å². The third-order valence-corrected chi connectivity index (χ3v) is 4.06. The van der Waals surface area contributed by atoms with Gasteiger partial charge in [-0.15, -0.1) is 0 Å². The van der Waals surface area contributed by atoms with E-state index in [2.05, 4.69) is 46.9 Å². The molecule has 0 aliphatic carbocycles. The molecule has 2 heterocycles. The maximum atomic E-state index is 5.64. The van der Waals surface area contributed by atoms with Crippen molar-refractivity contribution in [2.75, 3.05) is 12.3 Å². The van der Waals surface area contributed by atoms with Crippen LogP contribution in [-0.2, 0) is 19.5 Å². The number of rotatable bonds is 2. The van der Waals surface area contributed by atoms with E-state index in [0.29, 0.717) is 5.95 Å². The van der Waals surface area contributed by atoms with E-state index in [1.165, 1.54) is 22.3 Å². The number of hydrogen-bond donors (Lipinski definition) is 1. The third-order valence-electron chi connectivity index (χ3n) is 4.06. The molecule has 4 heteroatoms. The van der Waals surface area contributed by atoms with Crippen molar-refractivity contribution in [3.05, 3.63) is 52.3 Å². The lowest BCUT2D eigenvalue weighted by Crippen LogP contribution is -2.31. The van der Waals surface area contributed by atoms with E-state index in [9.17, 15) is 0 Å². The fourth-order valence-electron chi connectivity index (χ4n) is 2.85. The average Bonchev–Trinajstić information content (AvgIpc) is 2.43. The lowest BCUT2D eigenvalue weighted by Gasteiger charge is -2.29. The van der Waals surface area contributed by atoms with Crippen LogP contribution in [-0.4, -0.2) is 21.4 Å². The van der Waals surface area contributed by atoms with Crippen LogP contribution in [0.3, 0.4) is 0 Å². The molecular weight excluding hydrogens is 248 g/mol. The summed E-state index contributed by atoms with van der Waals surface area (Å²) in [6.45, 7) is 7.29. The topological polar surface area (TPSA) is 55.0 Å². The molecule has 0 bridgehead atoms. The number of aryl methyl sites for hydroxylation is 2. The van der Waals surface area contributed by atoms with Gasteiger partial charge in [-0.2, -0.15) is 0 Å². The summed E-state index contributed by atoms with van der Waals surface area (Å²) < 4.78 is 0. The largest absolute Gasteiger partial charge is 0.368 e. The van der Waals surface area contributed by atoms with Gasteiger partial charge in [-0.3, -0.25) is 4.90 Å². The highest BCUT2D eigenvalue weighted by Gasteiger charge is 2.19. The number of nitrogens with two attached hydrogens (primary N) is 1. The Morgan fingerprint density at radius 2 is 2.00 bits per heavy atom. The summed E-state index contributed by atoms with van der Waals surface area (Å²) in [7, 11) is 0. The molecular formula is C16H20N4. The Bertz CT molecular complexity index is 616. The van der Waals surface area contributed by atoms with Gasteiger partial charge in [-0.1, -0.05) is 18.2 Å². The number of nitrogens with zero attached hydrogens (tertiary/aromatic N) is 3. The lowest BCUT2D eigenvalue weighted by molar-refractivity contribution is 0.242. The number of fused-ring (bicyclic) bond motifs is 1. The fourth-order valence-corrected chi connectivity index (χ4v) is 2.85. The molecule has 0 amide bonds. The Kier molecular flexibility index (Phi) is 3.40. The second-order valence-electron chi connectivity index (χ2n) is 5.53. The van der Waals surface area contributed by atoms with Crippen LogP contribution >= 0.6 is 0 Å². The van der Waals surface area contributed by atoms with Crippen molar-refractivity contribution in [1.82, 2.24) is 14.9 Å². The Morgan fingerprint density at radius 1 is 1.25 bits per heavy atom. The van der Waals surface area contributed by atoms with Crippen molar-refractivity contribution in [2.24, 2.45) is 0 Å². The molecule has 104 valence electrons. The molecule has 0 atom stereocenters. The molecule has 0 spiro atoms. The molecule has 1 aliphatic heterocycles. The zero-order valence-corrected chi connectivity index (χ0v) is 12.1. The highest BCUT2D eigenvalue weighted by Crippen LogP contribution is 2.21. The smallest absolute Gasteiger partial charge is 0.220 e. The van der Waals surface area contributed by atoms with Crippen molar-refractivity contribution < 1.29 is 0 Å². The summed E-state index contributed by atoms with van der Waals surface area (Å²) in [5.41, 5.74) is 12.1. The summed E-state index contributed by atoms with van der Waals surface area (Å²) in [6.07, 6.45) is 2.82. The SMILES string of the molecule is Cc1cccc(C)c1CN1CCc2nc(N)ncc2C1. The average molecular weight is 268 g/mol. The summed E-state index contributed by atoms with van der Waals surface area (Å²) >= 11 is 0. The number of benzene rings is 1. The van der Waals surface area contributed by atoms with Crippen LogP contribution < -0.4 is 5.73 Å². The minimum absolute atomic E-state index is 0.381. The van der Waals surface area contributed by atoms with Gasteiger partial charge >= 0.3 is 0 Å². The maximum absolute atomic E-state index is 5.64. The summed E-state index contributed by atoms with van der Waals surface area (Å²) in [5, 5.41) is 0. The first-order chi connectivity index (χ1) is 9.63. The molecule has 0 saturated heterocycles. The molecule has 4 nitrogen and oxygen atoms in total. The first-order valence-electron chi connectivity index (χ1n) is 7.01. The van der Waals surface area contributed by atoms with Crippen molar-refractivity contribution in [1.29, 1.82) is 0 Å². The van der Waals surface area contributed by atoms with E-state index in [1.54, 1.807) is 0 Å². The number of hydrogen-bond acceptors (Lipinski definition) is 4. The van der Waals surface area contributed by atoms with E-state index < -0.39 is 0 Å². The molecule has 1 aromatic carbocycles. The molecule has 20 heavy (non-hydrogen) atoms. The first-order valence-corrected chi connectivity index (χ1v) is 7.01. The minimum atomic E-state index is 0.381. The van der Waals surface area contributed by atoms with E-state index in [-0.39, 0.29) is 0 Å². The highest BCUT2D eigenvalue weighted by atomic mass is 15.1. The van der Waals surface area contributed by atoms with Crippen LogP contribution in [0, 0.1) is 13.8 Å². The monoisotopic (exact) mass is 268 g/mol. The van der Waals surface area contributed by atoms with E-state index in [1.807, 2.05) is 6.20 Å². The van der Waals surface area contributed by atoms with Crippen LogP contribution in [0.25, 0.3) is 0 Å². The minimum Gasteiger partial charge on any atom is -0.368 e. The van der Waals surface area contributed by atoms with Crippen molar-refractivity contribution in [3.8, 4) is 0 Å². The highest BCUT2D eigenvalue weighted by molar-refractivity contribution is 5.34. The summed E-state index contributed by atoms with van der Waals surface area (Å²) in [5.74, 6) is 0.381. The molecule has 2 aromatic rings. The summed E-state index contributed by atoms with van der Waals surface area (Å²) in [4.78, 5) is 10.9. The van der Waals surface area contributed by atoms with Gasteiger partial charge in [-0.05, 0) is 30.5 Å². The Morgan fingerprint density at radius 3 is 2.75 bits per heavy atom. The van der Waals surface area contributed by atoms with E-state index >= 15 is 0 Å². The van der Waals surface area contributed by atoms with Crippen LogP contribution in [0.2, 0.25) is 0 Å². The second-order valence-corrected chi connectivity index (χ2v) is 5.53. The van der Waals surface area contributed by atoms with Crippen LogP contribution in [0.15, 0.2) is 24.4 Å². The molecule has 0 unspecified atom stereocenters. The molecule has 0 fully saturated rings. The van der Waals surface area contributed by atoms with Crippen LogP contribution in [0.4, 0.5) is 5.95 Å². The van der Waals surface area contributed by atoms with E-state index in [4.69, 9.17) is 5.73 Å². The molecule has 0 saturated carbocycles. The van der Waals surface area contributed by atoms with Gasteiger partial charge in [0.05, 0.1) is 5.69 Å². The van der Waals surface area contributed by atoms with Crippen molar-refractivity contribution >= 4 is 5.95 Å². The zero-order valence-electron chi connectivity index (χ0n) is 12.1. The number of anilines is 1. The van der Waals surface area contributed by atoms with Crippen LogP contribution in [0.1, 0.15) is 27.9 Å². The standard InChI is InChI=1S/C16H20N4/c1-11-4-3-5-12(2)14(11)10-20-7-6-15-13(9-20)8-18-16(17)19-15/h3-5,8H,6-7,9-10H2,1-2H3,(H2,17,18,19). The molecule has 2 N–H and O–H groups in total. The molecule has 3 rings (SSSR count). The maximum Gasteiger partial charge on any atom is 0.220 e. The van der Waals surface area contributed by atoms with Gasteiger partial charge in [0.15, 0.2) is 0 Å². The molecule has 0 radical (unpaired) electrons. The Hall–Kier alpha value is -1.94. The van der Waals surface area contributed by atoms with Crippen molar-refractivity contribution in [2.45, 2.75) is 33.4 Å². The molecule has 1 aliphatic rings. The summed E-state index contributed by atoms with van der Waals surface area (Å²) in [6, 6.07) is 6.49. The normalized spacial score (nSPS) is 15.1. The predicted molar refractivity (Wildman–Crippen MR) is 80.2 cm³/mol. The predicted octanol–water partition coefficient (Wildman–Crippen LogP) is 2.23. The Labute approximate surface area is 119 Å². The third kappa shape index (κ3) is 2.51. The Balaban J connectivity index is 1.79. The van der Waals surface area contributed by atoms with Gasteiger partial charge in [0.1, 0.15) is 0 Å². The van der Waals surface area contributed by atoms with Gasteiger partial charge < -0.3 is 5.73 Å². The van der Waals surface area contributed by atoms with Gasteiger partial charge in [-0.25, -0.2) is 9.97 Å². The number of aromatic nitrogens is 2. The fraction of sp³-hybridized carbons (Fsp3) is 0.375. The van der Waals surface area contributed by atoms with Gasteiger partial charge in [0.2, 0.25) is 5.95 Å². The number of nitrogen functional groups attached to an aromatic ring is 1. The lowest BCUT2D eigenvalue weighted by atomic mass is 10.0. The van der Waals surface area contributed by atoms with E-state index in [0.717, 1.165) is 31.7 Å². The second kappa shape index (κ2) is 5.21. The quantitative estimate of drug-likeness (QED) is 0.907.